The van der Waals surface area contributed by atoms with Gasteiger partial charge in [-0.15, -0.1) is 0 Å². The number of carbonyl (C=O) groups is 2. The maximum Gasteiger partial charge on any atom is 0.330 e. The van der Waals surface area contributed by atoms with Crippen molar-refractivity contribution in [2.75, 3.05) is 6.61 Å². The van der Waals surface area contributed by atoms with Crippen LogP contribution in [0.5, 0.6) is 0 Å². The molecule has 0 aliphatic heterocycles. The predicted octanol–water partition coefficient (Wildman–Crippen LogP) is 2.20. The molecule has 0 atom stereocenters. The molecule has 0 saturated carbocycles. The normalized spacial score (nSPS) is 13.0. The van der Waals surface area contributed by atoms with Gasteiger partial charge in [0.2, 0.25) is 0 Å². The Hall–Kier alpha value is -1.64. The standard InChI is InChI=1S/C12H16O3/c1-4-15-12(14)8-10(2)6-5-7-11(3)9-13/h5-9H,4H2,1-3H3/b6-5+,10-8?,11-7+. The van der Waals surface area contributed by atoms with Gasteiger partial charge in [-0.1, -0.05) is 18.2 Å². The summed E-state index contributed by atoms with van der Waals surface area (Å²) in [5.41, 5.74) is 1.42. The fourth-order valence-corrected chi connectivity index (χ4v) is 0.809. The molecule has 0 saturated heterocycles. The number of hydrogen-bond acceptors (Lipinski definition) is 3. The molecule has 0 unspecified atom stereocenters. The number of hydrogen-bond donors (Lipinski definition) is 0. The van der Waals surface area contributed by atoms with E-state index in [0.717, 1.165) is 11.9 Å². The van der Waals surface area contributed by atoms with Crippen LogP contribution in [0.15, 0.2) is 35.5 Å². The molecule has 0 amide bonds. The maximum atomic E-state index is 11.0. The smallest absolute Gasteiger partial charge is 0.330 e. The second-order valence-corrected chi connectivity index (χ2v) is 3.03. The summed E-state index contributed by atoms with van der Waals surface area (Å²) in [7, 11) is 0. The molecule has 0 spiro atoms. The van der Waals surface area contributed by atoms with E-state index >= 15 is 0 Å². The molecule has 0 aliphatic rings. The van der Waals surface area contributed by atoms with Crippen molar-refractivity contribution >= 4 is 12.3 Å². The maximum absolute atomic E-state index is 11.0. The molecule has 0 fully saturated rings. The Balaban J connectivity index is 4.29. The van der Waals surface area contributed by atoms with Crippen molar-refractivity contribution in [3.63, 3.8) is 0 Å². The van der Waals surface area contributed by atoms with E-state index in [1.807, 2.05) is 0 Å². The third-order valence-corrected chi connectivity index (χ3v) is 1.54. The first-order valence-electron chi connectivity index (χ1n) is 4.75. The molecule has 0 aromatic heterocycles. The van der Waals surface area contributed by atoms with Crippen molar-refractivity contribution in [3.05, 3.63) is 35.5 Å². The van der Waals surface area contributed by atoms with Gasteiger partial charge in [-0.2, -0.15) is 0 Å². The number of esters is 1. The fourth-order valence-electron chi connectivity index (χ4n) is 0.809. The molecule has 0 aromatic carbocycles. The Morgan fingerprint density at radius 2 is 1.93 bits per heavy atom. The number of aldehydes is 1. The molecule has 0 rings (SSSR count). The van der Waals surface area contributed by atoms with Gasteiger partial charge in [-0.25, -0.2) is 4.79 Å². The van der Waals surface area contributed by atoms with Crippen LogP contribution in [0.25, 0.3) is 0 Å². The molecule has 0 bridgehead atoms. The Morgan fingerprint density at radius 3 is 2.47 bits per heavy atom. The Labute approximate surface area is 90.1 Å². The van der Waals surface area contributed by atoms with Crippen molar-refractivity contribution in [1.29, 1.82) is 0 Å². The summed E-state index contributed by atoms with van der Waals surface area (Å²) in [6.45, 7) is 5.63. The van der Waals surface area contributed by atoms with Gasteiger partial charge in [-0.3, -0.25) is 4.79 Å². The van der Waals surface area contributed by atoms with Crippen LogP contribution in [0.4, 0.5) is 0 Å². The van der Waals surface area contributed by atoms with Gasteiger partial charge >= 0.3 is 5.97 Å². The van der Waals surface area contributed by atoms with Gasteiger partial charge in [0, 0.05) is 6.08 Å². The highest BCUT2D eigenvalue weighted by molar-refractivity contribution is 5.83. The van der Waals surface area contributed by atoms with Gasteiger partial charge < -0.3 is 4.74 Å². The van der Waals surface area contributed by atoms with Crippen LogP contribution < -0.4 is 0 Å². The van der Waals surface area contributed by atoms with Gasteiger partial charge in [0.05, 0.1) is 6.61 Å². The van der Waals surface area contributed by atoms with Crippen molar-refractivity contribution in [2.24, 2.45) is 0 Å². The highest BCUT2D eigenvalue weighted by atomic mass is 16.5. The molecular formula is C12H16O3. The first-order valence-corrected chi connectivity index (χ1v) is 4.75. The molecule has 0 heterocycles. The van der Waals surface area contributed by atoms with Crippen molar-refractivity contribution < 1.29 is 14.3 Å². The quantitative estimate of drug-likeness (QED) is 0.301. The van der Waals surface area contributed by atoms with E-state index in [0.29, 0.717) is 12.2 Å². The summed E-state index contributed by atoms with van der Waals surface area (Å²) in [6.07, 6.45) is 7.31. The zero-order chi connectivity index (χ0) is 11.7. The van der Waals surface area contributed by atoms with Gasteiger partial charge in [0.15, 0.2) is 0 Å². The van der Waals surface area contributed by atoms with E-state index in [2.05, 4.69) is 0 Å². The fraction of sp³-hybridized carbons (Fsp3) is 0.333. The number of allylic oxidation sites excluding steroid dienone is 5. The van der Waals surface area contributed by atoms with E-state index in [1.165, 1.54) is 6.08 Å². The van der Waals surface area contributed by atoms with E-state index in [-0.39, 0.29) is 5.97 Å². The molecule has 0 N–H and O–H groups in total. The van der Waals surface area contributed by atoms with Gasteiger partial charge in [0.25, 0.3) is 0 Å². The summed E-state index contributed by atoms with van der Waals surface area (Å²) in [5, 5.41) is 0. The Kier molecular flexibility index (Phi) is 6.89. The topological polar surface area (TPSA) is 43.4 Å². The van der Waals surface area contributed by atoms with Gasteiger partial charge in [-0.05, 0) is 31.9 Å². The summed E-state index contributed by atoms with van der Waals surface area (Å²) < 4.78 is 4.74. The van der Waals surface area contributed by atoms with Crippen LogP contribution in [0.1, 0.15) is 20.8 Å². The molecule has 0 aliphatic carbocycles. The number of rotatable bonds is 5. The van der Waals surface area contributed by atoms with E-state index in [1.54, 1.807) is 39.0 Å². The van der Waals surface area contributed by atoms with Crippen LogP contribution in [0.3, 0.4) is 0 Å². The van der Waals surface area contributed by atoms with E-state index in [4.69, 9.17) is 4.74 Å². The Morgan fingerprint density at radius 1 is 1.27 bits per heavy atom. The average molecular weight is 208 g/mol. The Bertz CT molecular complexity index is 309. The van der Waals surface area contributed by atoms with Crippen molar-refractivity contribution in [2.45, 2.75) is 20.8 Å². The second-order valence-electron chi connectivity index (χ2n) is 3.03. The predicted molar refractivity (Wildman–Crippen MR) is 59.4 cm³/mol. The first-order chi connectivity index (χ1) is 7.10. The van der Waals surface area contributed by atoms with E-state index in [9.17, 15) is 9.59 Å². The molecule has 0 aromatic rings. The second kappa shape index (κ2) is 7.74. The SMILES string of the molecule is CCOC(=O)C=C(C)/C=C/C=C(\C)C=O. The average Bonchev–Trinajstić information content (AvgIpc) is 2.17. The summed E-state index contributed by atoms with van der Waals surface area (Å²) in [4.78, 5) is 21.3. The highest BCUT2D eigenvalue weighted by Gasteiger charge is 1.94. The summed E-state index contributed by atoms with van der Waals surface area (Å²) in [5.74, 6) is -0.351. The van der Waals surface area contributed by atoms with Crippen LogP contribution in [0.2, 0.25) is 0 Å². The third-order valence-electron chi connectivity index (χ3n) is 1.54. The van der Waals surface area contributed by atoms with Crippen LogP contribution in [-0.2, 0) is 14.3 Å². The largest absolute Gasteiger partial charge is 0.463 e. The summed E-state index contributed by atoms with van der Waals surface area (Å²) in [6, 6.07) is 0. The minimum Gasteiger partial charge on any atom is -0.463 e. The highest BCUT2D eigenvalue weighted by Crippen LogP contribution is 1.97. The number of carbonyl (C=O) groups excluding carboxylic acids is 2. The van der Waals surface area contributed by atoms with Crippen LogP contribution >= 0.6 is 0 Å². The van der Waals surface area contributed by atoms with Crippen molar-refractivity contribution in [1.82, 2.24) is 0 Å². The van der Waals surface area contributed by atoms with Crippen LogP contribution in [-0.4, -0.2) is 18.9 Å². The van der Waals surface area contributed by atoms with E-state index < -0.39 is 0 Å². The monoisotopic (exact) mass is 208 g/mol. The molecule has 3 heteroatoms. The van der Waals surface area contributed by atoms with Crippen LogP contribution in [0, 0.1) is 0 Å². The molecule has 3 nitrogen and oxygen atoms in total. The lowest BCUT2D eigenvalue weighted by molar-refractivity contribution is -0.137. The zero-order valence-corrected chi connectivity index (χ0v) is 9.32. The molecule has 15 heavy (non-hydrogen) atoms. The lowest BCUT2D eigenvalue weighted by Crippen LogP contribution is -1.99. The third kappa shape index (κ3) is 7.43. The lowest BCUT2D eigenvalue weighted by Gasteiger charge is -1.95. The minimum absolute atomic E-state index is 0.351. The first kappa shape index (κ1) is 13.4. The minimum atomic E-state index is -0.351. The van der Waals surface area contributed by atoms with Crippen molar-refractivity contribution in [3.8, 4) is 0 Å². The zero-order valence-electron chi connectivity index (χ0n) is 9.32. The molecular weight excluding hydrogens is 192 g/mol. The van der Waals surface area contributed by atoms with Gasteiger partial charge in [0.1, 0.15) is 6.29 Å². The lowest BCUT2D eigenvalue weighted by atomic mass is 10.2. The molecule has 82 valence electrons. The summed E-state index contributed by atoms with van der Waals surface area (Å²) >= 11 is 0. The molecule has 0 radical (unpaired) electrons. The number of ether oxygens (including phenoxy) is 1.